The molecule has 9 heteroatoms. The molecule has 0 fully saturated rings. The third-order valence-corrected chi connectivity index (χ3v) is 3.54. The number of rotatable bonds is 5. The van der Waals surface area contributed by atoms with Crippen LogP contribution >= 0.6 is 0 Å². The van der Waals surface area contributed by atoms with Gasteiger partial charge in [0.05, 0.1) is 12.4 Å². The molecule has 1 aromatic heterocycles. The number of amides is 2. The monoisotopic (exact) mass is 383 g/mol. The van der Waals surface area contributed by atoms with Crippen molar-refractivity contribution in [1.82, 2.24) is 9.97 Å². The van der Waals surface area contributed by atoms with Crippen molar-refractivity contribution in [2.24, 2.45) is 0 Å². The quantitative estimate of drug-likeness (QED) is 0.624. The van der Waals surface area contributed by atoms with Crippen molar-refractivity contribution in [2.45, 2.75) is 6.92 Å². The Bertz CT molecular complexity index is 1010. The standard InChI is InChI=1S/C19H15F2N5O2/c1-11(27)24-12-2-4-13(5-3-12)25-18-10-22-17(9-23-18)19(28)26-14-6-7-15(20)16(21)8-14/h2-10H,1H3,(H,23,25)(H,24,27)(H,26,28). The molecule has 0 spiro atoms. The van der Waals surface area contributed by atoms with E-state index in [4.69, 9.17) is 0 Å². The highest BCUT2D eigenvalue weighted by molar-refractivity contribution is 6.02. The summed E-state index contributed by atoms with van der Waals surface area (Å²) in [6.07, 6.45) is 2.62. The molecule has 0 saturated carbocycles. The number of anilines is 4. The molecule has 2 amide bonds. The lowest BCUT2D eigenvalue weighted by molar-refractivity contribution is -0.114. The first-order valence-corrected chi connectivity index (χ1v) is 8.14. The van der Waals surface area contributed by atoms with Crippen LogP contribution in [0.2, 0.25) is 0 Å². The van der Waals surface area contributed by atoms with E-state index < -0.39 is 17.5 Å². The van der Waals surface area contributed by atoms with E-state index in [-0.39, 0.29) is 17.3 Å². The van der Waals surface area contributed by atoms with E-state index in [9.17, 15) is 18.4 Å². The molecule has 0 atom stereocenters. The fourth-order valence-corrected chi connectivity index (χ4v) is 2.27. The van der Waals surface area contributed by atoms with Gasteiger partial charge in [-0.3, -0.25) is 9.59 Å². The minimum atomic E-state index is -1.06. The van der Waals surface area contributed by atoms with Crippen molar-refractivity contribution in [2.75, 3.05) is 16.0 Å². The first-order chi connectivity index (χ1) is 13.4. The zero-order valence-electron chi connectivity index (χ0n) is 14.7. The minimum Gasteiger partial charge on any atom is -0.339 e. The molecule has 0 saturated heterocycles. The van der Waals surface area contributed by atoms with Crippen LogP contribution in [0.4, 0.5) is 31.7 Å². The van der Waals surface area contributed by atoms with Crippen LogP contribution in [-0.2, 0) is 4.79 Å². The SMILES string of the molecule is CC(=O)Nc1ccc(Nc2cnc(C(=O)Nc3ccc(F)c(F)c3)cn2)cc1. The summed E-state index contributed by atoms with van der Waals surface area (Å²) in [4.78, 5) is 31.2. The van der Waals surface area contributed by atoms with Crippen LogP contribution in [0.15, 0.2) is 54.9 Å². The van der Waals surface area contributed by atoms with Gasteiger partial charge in [-0.05, 0) is 36.4 Å². The Balaban J connectivity index is 1.63. The zero-order valence-corrected chi connectivity index (χ0v) is 14.7. The first kappa shape index (κ1) is 18.9. The van der Waals surface area contributed by atoms with E-state index in [1.807, 2.05) is 0 Å². The Morgan fingerprint density at radius 3 is 2.11 bits per heavy atom. The Kier molecular flexibility index (Phi) is 5.54. The average Bonchev–Trinajstić information content (AvgIpc) is 2.66. The van der Waals surface area contributed by atoms with Gasteiger partial charge in [-0.2, -0.15) is 0 Å². The van der Waals surface area contributed by atoms with E-state index in [1.54, 1.807) is 24.3 Å². The lowest BCUT2D eigenvalue weighted by atomic mass is 10.2. The lowest BCUT2D eigenvalue weighted by Crippen LogP contribution is -2.14. The highest BCUT2D eigenvalue weighted by Gasteiger charge is 2.10. The second-order valence-corrected chi connectivity index (χ2v) is 5.75. The van der Waals surface area contributed by atoms with Crippen molar-refractivity contribution < 1.29 is 18.4 Å². The van der Waals surface area contributed by atoms with Crippen molar-refractivity contribution in [3.63, 3.8) is 0 Å². The minimum absolute atomic E-state index is 0.0105. The summed E-state index contributed by atoms with van der Waals surface area (Å²) in [7, 11) is 0. The molecule has 0 aliphatic rings. The number of carbonyl (C=O) groups is 2. The molecule has 0 aliphatic carbocycles. The maximum absolute atomic E-state index is 13.2. The molecule has 1 heterocycles. The van der Waals surface area contributed by atoms with Crippen LogP contribution in [0.5, 0.6) is 0 Å². The molecular formula is C19H15F2N5O2. The summed E-state index contributed by atoms with van der Waals surface area (Å²) in [5, 5.41) is 8.08. The van der Waals surface area contributed by atoms with Gasteiger partial charge in [-0.15, -0.1) is 0 Å². The van der Waals surface area contributed by atoms with Crippen LogP contribution in [0.1, 0.15) is 17.4 Å². The van der Waals surface area contributed by atoms with Crippen LogP contribution in [-0.4, -0.2) is 21.8 Å². The third-order valence-electron chi connectivity index (χ3n) is 3.54. The van der Waals surface area contributed by atoms with Crippen molar-refractivity contribution in [1.29, 1.82) is 0 Å². The number of aromatic nitrogens is 2. The van der Waals surface area contributed by atoms with Gasteiger partial charge in [-0.1, -0.05) is 0 Å². The Labute approximate surface area is 158 Å². The van der Waals surface area contributed by atoms with Crippen molar-refractivity contribution in [3.05, 3.63) is 72.2 Å². The Morgan fingerprint density at radius 1 is 0.821 bits per heavy atom. The number of nitrogens with zero attached hydrogens (tertiary/aromatic N) is 2. The van der Waals surface area contributed by atoms with Crippen molar-refractivity contribution >= 4 is 34.7 Å². The summed E-state index contributed by atoms with van der Waals surface area (Å²) in [5.41, 5.74) is 1.49. The van der Waals surface area contributed by atoms with E-state index in [1.165, 1.54) is 25.4 Å². The van der Waals surface area contributed by atoms with Crippen LogP contribution in [0, 0.1) is 11.6 Å². The van der Waals surface area contributed by atoms with Crippen molar-refractivity contribution in [3.8, 4) is 0 Å². The van der Waals surface area contributed by atoms with E-state index >= 15 is 0 Å². The molecule has 0 bridgehead atoms. The molecule has 3 aromatic rings. The molecule has 3 N–H and O–H groups in total. The molecule has 28 heavy (non-hydrogen) atoms. The summed E-state index contributed by atoms with van der Waals surface area (Å²) < 4.78 is 26.1. The van der Waals surface area contributed by atoms with Gasteiger partial charge in [0.1, 0.15) is 11.5 Å². The molecule has 142 valence electrons. The van der Waals surface area contributed by atoms with Crippen LogP contribution in [0.25, 0.3) is 0 Å². The van der Waals surface area contributed by atoms with Crippen LogP contribution < -0.4 is 16.0 Å². The molecule has 3 rings (SSSR count). The predicted octanol–water partition coefficient (Wildman–Crippen LogP) is 3.71. The number of halogens is 2. The van der Waals surface area contributed by atoms with Gasteiger partial charge in [-0.25, -0.2) is 18.7 Å². The molecule has 0 aliphatic heterocycles. The summed E-state index contributed by atoms with van der Waals surface area (Å²) >= 11 is 0. The average molecular weight is 383 g/mol. The van der Waals surface area contributed by atoms with Crippen LogP contribution in [0.3, 0.4) is 0 Å². The topological polar surface area (TPSA) is 96.0 Å². The summed E-state index contributed by atoms with van der Waals surface area (Å²) in [6, 6.07) is 9.97. The van der Waals surface area contributed by atoms with Gasteiger partial charge >= 0.3 is 0 Å². The summed E-state index contributed by atoms with van der Waals surface area (Å²) in [6.45, 7) is 1.42. The number of carbonyl (C=O) groups excluding carboxylic acids is 2. The van der Waals surface area contributed by atoms with Gasteiger partial charge in [0.25, 0.3) is 5.91 Å². The second-order valence-electron chi connectivity index (χ2n) is 5.75. The normalized spacial score (nSPS) is 10.2. The molecule has 2 aromatic carbocycles. The smallest absolute Gasteiger partial charge is 0.275 e. The molecular weight excluding hydrogens is 368 g/mol. The lowest BCUT2D eigenvalue weighted by Gasteiger charge is -2.08. The molecule has 0 unspecified atom stereocenters. The number of hydrogen-bond donors (Lipinski definition) is 3. The largest absolute Gasteiger partial charge is 0.339 e. The zero-order chi connectivity index (χ0) is 20.1. The number of benzene rings is 2. The number of hydrogen-bond acceptors (Lipinski definition) is 5. The van der Waals surface area contributed by atoms with Gasteiger partial charge in [0, 0.05) is 30.1 Å². The molecule has 7 nitrogen and oxygen atoms in total. The van der Waals surface area contributed by atoms with E-state index in [0.29, 0.717) is 17.2 Å². The third kappa shape index (κ3) is 4.85. The highest BCUT2D eigenvalue weighted by atomic mass is 19.2. The first-order valence-electron chi connectivity index (χ1n) is 8.14. The summed E-state index contributed by atoms with van der Waals surface area (Å²) in [5.74, 6) is -2.43. The van der Waals surface area contributed by atoms with Gasteiger partial charge in [0.15, 0.2) is 11.6 Å². The van der Waals surface area contributed by atoms with Gasteiger partial charge in [0.2, 0.25) is 5.91 Å². The second kappa shape index (κ2) is 8.21. The maximum Gasteiger partial charge on any atom is 0.275 e. The highest BCUT2D eigenvalue weighted by Crippen LogP contribution is 2.18. The fourth-order valence-electron chi connectivity index (χ4n) is 2.27. The van der Waals surface area contributed by atoms with Gasteiger partial charge < -0.3 is 16.0 Å². The number of nitrogens with one attached hydrogen (secondary N) is 3. The maximum atomic E-state index is 13.2. The predicted molar refractivity (Wildman–Crippen MR) is 100 cm³/mol. The van der Waals surface area contributed by atoms with E-state index in [0.717, 1.165) is 12.1 Å². The fraction of sp³-hybridized carbons (Fsp3) is 0.0526. The Morgan fingerprint density at radius 2 is 1.50 bits per heavy atom. The Hall–Kier alpha value is -3.88. The molecule has 0 radical (unpaired) electrons. The van der Waals surface area contributed by atoms with E-state index in [2.05, 4.69) is 25.9 Å².